The van der Waals surface area contributed by atoms with Gasteiger partial charge < -0.3 is 14.5 Å². The Morgan fingerprint density at radius 2 is 1.64 bits per heavy atom. The molecule has 1 amide bonds. The molecule has 0 radical (unpaired) electrons. The van der Waals surface area contributed by atoms with Crippen molar-refractivity contribution in [3.05, 3.63) is 52.5 Å². The van der Waals surface area contributed by atoms with Crippen LogP contribution in [0.25, 0.3) is 0 Å². The monoisotopic (exact) mass is 437 g/mol. The van der Waals surface area contributed by atoms with Crippen LogP contribution in [0.2, 0.25) is 10.0 Å². The van der Waals surface area contributed by atoms with Crippen LogP contribution in [0.5, 0.6) is 0 Å². The average Bonchev–Trinajstić information content (AvgIpc) is 2.91. The summed E-state index contributed by atoms with van der Waals surface area (Å²) in [6, 6.07) is 12.9. The number of halogens is 2. The molecule has 2 atom stereocenters. The standard InChI is InChI=1S/C20H21Cl2N3O2S/c1-13-19(26)25(14-5-3-2-4-6-14)20(28)24(13)15-11-16(21)18(17(22)12-15)23-7-9-27-10-8-23/h2-6,11-13,20,28H,7-10H2,1H3. The van der Waals surface area contributed by atoms with Crippen LogP contribution in [0.4, 0.5) is 17.1 Å². The van der Waals surface area contributed by atoms with Crippen LogP contribution in [0, 0.1) is 0 Å². The molecule has 0 spiro atoms. The van der Waals surface area contributed by atoms with Crippen molar-refractivity contribution in [1.82, 2.24) is 0 Å². The highest BCUT2D eigenvalue weighted by atomic mass is 35.5. The summed E-state index contributed by atoms with van der Waals surface area (Å²) in [7, 11) is 0. The second-order valence-electron chi connectivity index (χ2n) is 6.83. The number of rotatable bonds is 3. The highest BCUT2D eigenvalue weighted by Gasteiger charge is 2.43. The molecule has 2 unspecified atom stereocenters. The molecule has 2 aliphatic rings. The van der Waals surface area contributed by atoms with E-state index in [1.54, 1.807) is 4.90 Å². The van der Waals surface area contributed by atoms with Crippen LogP contribution in [0.1, 0.15) is 6.92 Å². The number of nitrogens with zero attached hydrogens (tertiary/aromatic N) is 3. The minimum Gasteiger partial charge on any atom is -0.378 e. The summed E-state index contributed by atoms with van der Waals surface area (Å²) in [6.45, 7) is 4.66. The van der Waals surface area contributed by atoms with Gasteiger partial charge in [0.15, 0.2) is 5.50 Å². The SMILES string of the molecule is CC1C(=O)N(c2ccccc2)C(S)N1c1cc(Cl)c(N2CCOCC2)c(Cl)c1. The van der Waals surface area contributed by atoms with Crippen LogP contribution in [-0.2, 0) is 9.53 Å². The van der Waals surface area contributed by atoms with Gasteiger partial charge in [0.1, 0.15) is 6.04 Å². The summed E-state index contributed by atoms with van der Waals surface area (Å²) in [5, 5.41) is 1.12. The maximum absolute atomic E-state index is 12.9. The van der Waals surface area contributed by atoms with Crippen molar-refractivity contribution < 1.29 is 9.53 Å². The minimum atomic E-state index is -0.453. The van der Waals surface area contributed by atoms with Gasteiger partial charge in [-0.15, -0.1) is 12.6 Å². The Balaban J connectivity index is 1.68. The Bertz CT molecular complexity index is 854. The number of carbonyl (C=O) groups excluding carboxylic acids is 1. The molecule has 2 aromatic carbocycles. The lowest BCUT2D eigenvalue weighted by molar-refractivity contribution is -0.117. The fourth-order valence-corrected chi connectivity index (χ4v) is 5.05. The van der Waals surface area contributed by atoms with E-state index in [1.807, 2.05) is 54.3 Å². The number of ether oxygens (including phenoxy) is 1. The first-order valence-corrected chi connectivity index (χ1v) is 10.4. The second-order valence-corrected chi connectivity index (χ2v) is 8.11. The van der Waals surface area contributed by atoms with Crippen molar-refractivity contribution in [2.45, 2.75) is 18.5 Å². The highest BCUT2D eigenvalue weighted by Crippen LogP contribution is 2.41. The molecule has 0 bridgehead atoms. The van der Waals surface area contributed by atoms with Gasteiger partial charge in [0, 0.05) is 24.5 Å². The fourth-order valence-electron chi connectivity index (χ4n) is 3.75. The van der Waals surface area contributed by atoms with Gasteiger partial charge in [-0.25, -0.2) is 0 Å². The zero-order chi connectivity index (χ0) is 19.8. The van der Waals surface area contributed by atoms with Gasteiger partial charge >= 0.3 is 0 Å². The molecule has 2 saturated heterocycles. The summed E-state index contributed by atoms with van der Waals surface area (Å²) in [6.07, 6.45) is 0. The van der Waals surface area contributed by atoms with E-state index in [4.69, 9.17) is 40.6 Å². The van der Waals surface area contributed by atoms with Crippen molar-refractivity contribution >= 4 is 58.8 Å². The number of thiol groups is 1. The first-order valence-electron chi connectivity index (χ1n) is 9.15. The molecule has 4 rings (SSSR count). The number of benzene rings is 2. The zero-order valence-corrected chi connectivity index (χ0v) is 17.8. The Kier molecular flexibility index (Phi) is 5.65. The number of hydrogen-bond donors (Lipinski definition) is 1. The van der Waals surface area contributed by atoms with Gasteiger partial charge in [-0.2, -0.15) is 0 Å². The second kappa shape index (κ2) is 8.03. The Morgan fingerprint density at radius 1 is 1.04 bits per heavy atom. The summed E-state index contributed by atoms with van der Waals surface area (Å²) in [5.74, 6) is -0.0179. The van der Waals surface area contributed by atoms with E-state index in [0.717, 1.165) is 30.2 Å². The molecule has 0 aromatic heterocycles. The van der Waals surface area contributed by atoms with Crippen LogP contribution in [0.3, 0.4) is 0 Å². The third-order valence-electron chi connectivity index (χ3n) is 5.15. The summed E-state index contributed by atoms with van der Waals surface area (Å²) in [4.78, 5) is 18.7. The van der Waals surface area contributed by atoms with E-state index in [0.29, 0.717) is 23.3 Å². The van der Waals surface area contributed by atoms with Crippen molar-refractivity contribution in [2.24, 2.45) is 0 Å². The third kappa shape index (κ3) is 3.43. The number of para-hydroxylation sites is 1. The third-order valence-corrected chi connectivity index (χ3v) is 6.21. The maximum atomic E-state index is 12.9. The number of anilines is 3. The molecule has 0 saturated carbocycles. The van der Waals surface area contributed by atoms with Crippen molar-refractivity contribution in [3.8, 4) is 0 Å². The molecular formula is C20H21Cl2N3O2S. The molecule has 0 N–H and O–H groups in total. The molecular weight excluding hydrogens is 417 g/mol. The lowest BCUT2D eigenvalue weighted by atomic mass is 10.2. The predicted molar refractivity (Wildman–Crippen MR) is 118 cm³/mol. The minimum absolute atomic E-state index is 0.0179. The van der Waals surface area contributed by atoms with E-state index in [-0.39, 0.29) is 11.9 Å². The van der Waals surface area contributed by atoms with Gasteiger partial charge in [0.25, 0.3) is 5.91 Å². The van der Waals surface area contributed by atoms with Crippen LogP contribution in [0.15, 0.2) is 42.5 Å². The van der Waals surface area contributed by atoms with E-state index < -0.39 is 5.50 Å². The van der Waals surface area contributed by atoms with Crippen LogP contribution >= 0.6 is 35.8 Å². The van der Waals surface area contributed by atoms with E-state index >= 15 is 0 Å². The van der Waals surface area contributed by atoms with Crippen LogP contribution in [-0.4, -0.2) is 43.8 Å². The number of amides is 1. The lowest BCUT2D eigenvalue weighted by Gasteiger charge is -2.32. The molecule has 5 nitrogen and oxygen atoms in total. The summed E-state index contributed by atoms with van der Waals surface area (Å²) >= 11 is 18.0. The van der Waals surface area contributed by atoms with Crippen LogP contribution < -0.4 is 14.7 Å². The molecule has 0 aliphatic carbocycles. The van der Waals surface area contributed by atoms with Crippen molar-refractivity contribution in [3.63, 3.8) is 0 Å². The maximum Gasteiger partial charge on any atom is 0.251 e. The summed E-state index contributed by atoms with van der Waals surface area (Å²) in [5.41, 5.74) is 1.94. The van der Waals surface area contributed by atoms with E-state index in [1.165, 1.54) is 0 Å². The van der Waals surface area contributed by atoms with Gasteiger partial charge in [0.05, 0.1) is 28.9 Å². The molecule has 2 heterocycles. The highest BCUT2D eigenvalue weighted by molar-refractivity contribution is 7.81. The zero-order valence-electron chi connectivity index (χ0n) is 15.4. The first kappa shape index (κ1) is 19.7. The molecule has 2 aromatic rings. The fraction of sp³-hybridized carbons (Fsp3) is 0.350. The molecule has 28 heavy (non-hydrogen) atoms. The normalized spacial score (nSPS) is 22.9. The van der Waals surface area contributed by atoms with Gasteiger partial charge in [-0.3, -0.25) is 9.69 Å². The topological polar surface area (TPSA) is 36.0 Å². The quantitative estimate of drug-likeness (QED) is 0.726. The number of morpholine rings is 1. The molecule has 148 valence electrons. The number of carbonyl (C=O) groups is 1. The lowest BCUT2D eigenvalue weighted by Crippen LogP contribution is -2.37. The predicted octanol–water partition coefficient (Wildman–Crippen LogP) is 4.29. The molecule has 8 heteroatoms. The van der Waals surface area contributed by atoms with E-state index in [9.17, 15) is 4.79 Å². The Labute approximate surface area is 180 Å². The first-order chi connectivity index (χ1) is 13.5. The summed E-state index contributed by atoms with van der Waals surface area (Å²) < 4.78 is 5.41. The Hall–Kier alpha value is -1.60. The molecule has 2 aliphatic heterocycles. The van der Waals surface area contributed by atoms with Gasteiger partial charge in [-0.05, 0) is 31.2 Å². The number of hydrogen-bond acceptors (Lipinski definition) is 5. The van der Waals surface area contributed by atoms with Gasteiger partial charge in [-0.1, -0.05) is 41.4 Å². The van der Waals surface area contributed by atoms with Crippen molar-refractivity contribution in [2.75, 3.05) is 41.0 Å². The smallest absolute Gasteiger partial charge is 0.251 e. The van der Waals surface area contributed by atoms with E-state index in [2.05, 4.69) is 4.90 Å². The molecule has 2 fully saturated rings. The Morgan fingerprint density at radius 3 is 2.25 bits per heavy atom. The van der Waals surface area contributed by atoms with Crippen molar-refractivity contribution in [1.29, 1.82) is 0 Å². The largest absolute Gasteiger partial charge is 0.378 e. The van der Waals surface area contributed by atoms with Gasteiger partial charge in [0.2, 0.25) is 0 Å². The average molecular weight is 438 g/mol.